The van der Waals surface area contributed by atoms with E-state index in [-0.39, 0.29) is 5.91 Å². The first-order valence-corrected chi connectivity index (χ1v) is 10.8. The van der Waals surface area contributed by atoms with Gasteiger partial charge in [-0.25, -0.2) is 4.99 Å². The second-order valence-corrected chi connectivity index (χ2v) is 8.17. The molecule has 2 heterocycles. The van der Waals surface area contributed by atoms with E-state index in [9.17, 15) is 4.79 Å². The van der Waals surface area contributed by atoms with E-state index < -0.39 is 0 Å². The molecule has 29 heavy (non-hydrogen) atoms. The Morgan fingerprint density at radius 2 is 1.93 bits per heavy atom. The maximum absolute atomic E-state index is 12.4. The minimum Gasteiger partial charge on any atom is -0.494 e. The number of amidine groups is 1. The molecule has 2 saturated heterocycles. The molecule has 2 aromatic rings. The molecule has 2 fully saturated rings. The van der Waals surface area contributed by atoms with Crippen LogP contribution in [0.4, 0.5) is 11.4 Å². The van der Waals surface area contributed by atoms with Gasteiger partial charge in [0.15, 0.2) is 5.17 Å². The maximum atomic E-state index is 12.4. The number of carbonyl (C=O) groups excluding carboxylic acids is 1. The van der Waals surface area contributed by atoms with E-state index in [1.807, 2.05) is 37.3 Å². The van der Waals surface area contributed by atoms with Crippen molar-refractivity contribution in [1.29, 1.82) is 0 Å². The molecule has 0 aromatic heterocycles. The molecule has 1 N–H and O–H groups in total. The first-order chi connectivity index (χ1) is 14.1. The summed E-state index contributed by atoms with van der Waals surface area (Å²) in [7, 11) is 0. The fraction of sp³-hybridized carbons (Fsp3) is 0.304. The second kappa shape index (κ2) is 8.74. The van der Waals surface area contributed by atoms with Crippen LogP contribution in [-0.2, 0) is 4.79 Å². The van der Waals surface area contributed by atoms with Gasteiger partial charge in [0, 0.05) is 18.8 Å². The van der Waals surface area contributed by atoms with Crippen molar-refractivity contribution in [3.8, 4) is 5.75 Å². The number of carbonyl (C=O) groups is 1. The van der Waals surface area contributed by atoms with Crippen molar-refractivity contribution < 1.29 is 9.53 Å². The molecule has 2 aromatic carbocycles. The Bertz CT molecular complexity index is 961. The zero-order valence-electron chi connectivity index (χ0n) is 16.8. The molecule has 2 aliphatic heterocycles. The van der Waals surface area contributed by atoms with Gasteiger partial charge in [-0.05, 0) is 92.1 Å². The molecule has 0 radical (unpaired) electrons. The van der Waals surface area contributed by atoms with Crippen molar-refractivity contribution in [2.24, 2.45) is 4.99 Å². The lowest BCUT2D eigenvalue weighted by Gasteiger charge is -2.18. The lowest BCUT2D eigenvalue weighted by Crippen LogP contribution is -2.19. The van der Waals surface area contributed by atoms with E-state index in [0.717, 1.165) is 30.1 Å². The number of thioether (sulfide) groups is 1. The van der Waals surface area contributed by atoms with Crippen LogP contribution in [0, 0.1) is 6.92 Å². The molecule has 0 spiro atoms. The third-order valence-electron chi connectivity index (χ3n) is 5.04. The number of benzene rings is 2. The molecule has 1 amide bonds. The van der Waals surface area contributed by atoms with Crippen LogP contribution >= 0.6 is 11.8 Å². The molecule has 5 nitrogen and oxygen atoms in total. The van der Waals surface area contributed by atoms with Crippen LogP contribution in [0.15, 0.2) is 52.4 Å². The monoisotopic (exact) mass is 407 g/mol. The number of rotatable bonds is 5. The lowest BCUT2D eigenvalue weighted by atomic mass is 10.1. The van der Waals surface area contributed by atoms with Crippen LogP contribution in [0.2, 0.25) is 0 Å². The fourth-order valence-electron chi connectivity index (χ4n) is 3.52. The molecular formula is C23H25N3O2S. The lowest BCUT2D eigenvalue weighted by molar-refractivity contribution is -0.115. The quantitative estimate of drug-likeness (QED) is 0.718. The SMILES string of the molecule is CCOc1ccc(N=C2NC(=O)/C(=C/c3ccc(N4CCCC4)cc3C)S2)cc1. The zero-order valence-corrected chi connectivity index (χ0v) is 17.6. The Hall–Kier alpha value is -2.73. The highest BCUT2D eigenvalue weighted by Crippen LogP contribution is 2.30. The van der Waals surface area contributed by atoms with Crippen LogP contribution < -0.4 is 15.0 Å². The second-order valence-electron chi connectivity index (χ2n) is 7.14. The van der Waals surface area contributed by atoms with Gasteiger partial charge in [-0.1, -0.05) is 6.07 Å². The summed E-state index contributed by atoms with van der Waals surface area (Å²) in [6, 6.07) is 14.0. The summed E-state index contributed by atoms with van der Waals surface area (Å²) in [5, 5.41) is 3.45. The summed E-state index contributed by atoms with van der Waals surface area (Å²) in [6.45, 7) is 6.94. The molecule has 0 atom stereocenters. The summed E-state index contributed by atoms with van der Waals surface area (Å²) in [5.74, 6) is 0.704. The average Bonchev–Trinajstić information content (AvgIpc) is 3.36. The summed E-state index contributed by atoms with van der Waals surface area (Å²) in [4.78, 5) is 20.0. The summed E-state index contributed by atoms with van der Waals surface area (Å²) >= 11 is 1.37. The fourth-order valence-corrected chi connectivity index (χ4v) is 4.35. The molecule has 6 heteroatoms. The van der Waals surface area contributed by atoms with Gasteiger partial charge < -0.3 is 15.0 Å². The topological polar surface area (TPSA) is 53.9 Å². The van der Waals surface area contributed by atoms with Gasteiger partial charge in [0.25, 0.3) is 5.91 Å². The summed E-state index contributed by atoms with van der Waals surface area (Å²) < 4.78 is 5.45. The first-order valence-electron chi connectivity index (χ1n) is 10.0. The van der Waals surface area contributed by atoms with Crippen molar-refractivity contribution in [1.82, 2.24) is 5.32 Å². The number of aliphatic imine (C=N–C) groups is 1. The molecule has 2 aliphatic rings. The number of aryl methyl sites for hydroxylation is 1. The van der Waals surface area contributed by atoms with Crippen LogP contribution in [0.5, 0.6) is 5.75 Å². The average molecular weight is 408 g/mol. The minimum absolute atomic E-state index is 0.109. The molecular weight excluding hydrogens is 382 g/mol. The van der Waals surface area contributed by atoms with E-state index in [4.69, 9.17) is 4.74 Å². The number of nitrogens with one attached hydrogen (secondary N) is 1. The van der Waals surface area contributed by atoms with Crippen LogP contribution in [0.25, 0.3) is 6.08 Å². The number of amides is 1. The number of hydrogen-bond donors (Lipinski definition) is 1. The van der Waals surface area contributed by atoms with Gasteiger partial charge in [0.2, 0.25) is 0 Å². The van der Waals surface area contributed by atoms with Crippen LogP contribution in [0.1, 0.15) is 30.9 Å². The van der Waals surface area contributed by atoms with Gasteiger partial charge in [0.1, 0.15) is 5.75 Å². The van der Waals surface area contributed by atoms with Crippen molar-refractivity contribution in [3.63, 3.8) is 0 Å². The largest absolute Gasteiger partial charge is 0.494 e. The summed E-state index contributed by atoms with van der Waals surface area (Å²) in [5.41, 5.74) is 4.28. The Labute approximate surface area is 175 Å². The van der Waals surface area contributed by atoms with Gasteiger partial charge in [-0.2, -0.15) is 0 Å². The van der Waals surface area contributed by atoms with Crippen molar-refractivity contribution in [2.75, 3.05) is 24.6 Å². The highest BCUT2D eigenvalue weighted by atomic mass is 32.2. The maximum Gasteiger partial charge on any atom is 0.264 e. The highest BCUT2D eigenvalue weighted by Gasteiger charge is 2.24. The smallest absolute Gasteiger partial charge is 0.264 e. The predicted octanol–water partition coefficient (Wildman–Crippen LogP) is 4.89. The Balaban J connectivity index is 1.49. The summed E-state index contributed by atoms with van der Waals surface area (Å²) in [6.07, 6.45) is 4.47. The number of nitrogens with zero attached hydrogens (tertiary/aromatic N) is 2. The molecule has 4 rings (SSSR count). The van der Waals surface area contributed by atoms with E-state index in [0.29, 0.717) is 16.7 Å². The van der Waals surface area contributed by atoms with E-state index in [1.165, 1.54) is 35.9 Å². The van der Waals surface area contributed by atoms with Gasteiger partial charge in [-0.3, -0.25) is 4.79 Å². The number of ether oxygens (including phenoxy) is 1. The normalized spacial score (nSPS) is 19.2. The third-order valence-corrected chi connectivity index (χ3v) is 5.95. The first kappa shape index (κ1) is 19.6. The standard InChI is InChI=1S/C23H25N3O2S/c1-3-28-20-10-7-18(8-11-20)24-23-25-22(27)21(29-23)15-17-6-9-19(14-16(17)2)26-12-4-5-13-26/h6-11,14-15H,3-5,12-13H2,1-2H3,(H,24,25,27)/b21-15-. The van der Waals surface area contributed by atoms with E-state index in [1.54, 1.807) is 0 Å². The van der Waals surface area contributed by atoms with Crippen molar-refractivity contribution in [3.05, 3.63) is 58.5 Å². The van der Waals surface area contributed by atoms with Gasteiger partial charge >= 0.3 is 0 Å². The van der Waals surface area contributed by atoms with Crippen LogP contribution in [-0.4, -0.2) is 30.8 Å². The minimum atomic E-state index is -0.109. The third kappa shape index (κ3) is 4.65. The Kier molecular flexibility index (Phi) is 5.90. The molecule has 0 bridgehead atoms. The van der Waals surface area contributed by atoms with Gasteiger partial charge in [0.05, 0.1) is 17.2 Å². The van der Waals surface area contributed by atoms with Crippen molar-refractivity contribution >= 4 is 40.3 Å². The number of anilines is 1. The number of hydrogen-bond acceptors (Lipinski definition) is 5. The molecule has 0 aliphatic carbocycles. The van der Waals surface area contributed by atoms with Gasteiger partial charge in [-0.15, -0.1) is 0 Å². The Morgan fingerprint density at radius 3 is 2.62 bits per heavy atom. The van der Waals surface area contributed by atoms with E-state index in [2.05, 4.69) is 40.3 Å². The molecule has 150 valence electrons. The molecule has 0 unspecified atom stereocenters. The molecule has 0 saturated carbocycles. The Morgan fingerprint density at radius 1 is 1.17 bits per heavy atom. The predicted molar refractivity (Wildman–Crippen MR) is 121 cm³/mol. The van der Waals surface area contributed by atoms with Crippen molar-refractivity contribution in [2.45, 2.75) is 26.7 Å². The van der Waals surface area contributed by atoms with E-state index >= 15 is 0 Å². The zero-order chi connectivity index (χ0) is 20.2. The highest BCUT2D eigenvalue weighted by molar-refractivity contribution is 8.18. The van der Waals surface area contributed by atoms with Crippen LogP contribution in [0.3, 0.4) is 0 Å².